The highest BCUT2D eigenvalue weighted by Crippen LogP contribution is 2.13. The van der Waals surface area contributed by atoms with E-state index in [-0.39, 0.29) is 18.0 Å². The Kier molecular flexibility index (Phi) is 3.99. The summed E-state index contributed by atoms with van der Waals surface area (Å²) < 4.78 is 12.7. The number of hydrogen-bond acceptors (Lipinski definition) is 4. The van der Waals surface area contributed by atoms with Crippen LogP contribution in [0.15, 0.2) is 12.3 Å². The molecule has 0 saturated carbocycles. The molecule has 82 valence electrons. The number of aliphatic hydroxyl groups excluding tert-OH is 1. The Morgan fingerprint density at radius 2 is 2.33 bits per heavy atom. The minimum Gasteiger partial charge on any atom is -0.478 e. The van der Waals surface area contributed by atoms with E-state index < -0.39 is 11.8 Å². The minimum atomic E-state index is -1.24. The number of carboxylic acid groups (broad SMARTS) is 1. The number of aromatic carboxylic acids is 1. The van der Waals surface area contributed by atoms with Crippen LogP contribution in [0.5, 0.6) is 0 Å². The second-order valence-corrected chi connectivity index (χ2v) is 2.86. The molecular formula is C9H11FN2O3. The maximum absolute atomic E-state index is 12.7. The number of hydrogen-bond donors (Lipinski definition) is 3. The summed E-state index contributed by atoms with van der Waals surface area (Å²) in [5.41, 5.74) is -0.215. The Labute approximate surface area is 85.6 Å². The number of carbonyl (C=O) groups is 1. The molecule has 5 nitrogen and oxygen atoms in total. The van der Waals surface area contributed by atoms with Crippen LogP contribution < -0.4 is 5.32 Å². The molecule has 0 fully saturated rings. The van der Waals surface area contributed by atoms with E-state index in [0.29, 0.717) is 13.0 Å². The highest BCUT2D eigenvalue weighted by molar-refractivity contribution is 5.93. The van der Waals surface area contributed by atoms with Crippen molar-refractivity contribution < 1.29 is 19.4 Å². The van der Waals surface area contributed by atoms with Crippen LogP contribution in [-0.4, -0.2) is 34.3 Å². The third-order valence-electron chi connectivity index (χ3n) is 1.71. The number of nitrogens with zero attached hydrogens (tertiary/aromatic N) is 1. The third-order valence-corrected chi connectivity index (χ3v) is 1.71. The first-order valence-electron chi connectivity index (χ1n) is 4.38. The van der Waals surface area contributed by atoms with Gasteiger partial charge in [0.25, 0.3) is 0 Å². The fourth-order valence-corrected chi connectivity index (χ4v) is 1.03. The lowest BCUT2D eigenvalue weighted by Gasteiger charge is -2.07. The van der Waals surface area contributed by atoms with Crippen LogP contribution in [0.2, 0.25) is 0 Å². The van der Waals surface area contributed by atoms with E-state index in [0.717, 1.165) is 12.3 Å². The Morgan fingerprint density at radius 1 is 1.60 bits per heavy atom. The lowest BCUT2D eigenvalue weighted by atomic mass is 10.2. The molecule has 3 N–H and O–H groups in total. The second kappa shape index (κ2) is 5.26. The maximum atomic E-state index is 12.7. The van der Waals surface area contributed by atoms with E-state index in [2.05, 4.69) is 10.3 Å². The summed E-state index contributed by atoms with van der Waals surface area (Å²) in [5, 5.41) is 20.0. The van der Waals surface area contributed by atoms with Crippen LogP contribution >= 0.6 is 0 Å². The number of carboxylic acids is 1. The minimum absolute atomic E-state index is 0.00337. The monoisotopic (exact) mass is 214 g/mol. The van der Waals surface area contributed by atoms with E-state index in [1.54, 1.807) is 0 Å². The van der Waals surface area contributed by atoms with Gasteiger partial charge in [0.2, 0.25) is 0 Å². The molecule has 1 aromatic heterocycles. The van der Waals surface area contributed by atoms with Crippen molar-refractivity contribution in [1.29, 1.82) is 0 Å². The van der Waals surface area contributed by atoms with E-state index in [1.807, 2.05) is 0 Å². The first-order chi connectivity index (χ1) is 7.15. The summed E-state index contributed by atoms with van der Waals surface area (Å²) in [7, 11) is 0. The molecule has 0 bridgehead atoms. The zero-order valence-electron chi connectivity index (χ0n) is 7.90. The number of anilines is 1. The number of aliphatic hydroxyl groups is 1. The molecule has 0 atom stereocenters. The van der Waals surface area contributed by atoms with Crippen molar-refractivity contribution in [3.8, 4) is 0 Å². The van der Waals surface area contributed by atoms with Crippen molar-refractivity contribution in [2.24, 2.45) is 0 Å². The van der Waals surface area contributed by atoms with Crippen LogP contribution in [0, 0.1) is 5.82 Å². The van der Waals surface area contributed by atoms with Gasteiger partial charge < -0.3 is 15.5 Å². The number of halogens is 1. The van der Waals surface area contributed by atoms with Crippen LogP contribution in [0.25, 0.3) is 0 Å². The van der Waals surface area contributed by atoms with Gasteiger partial charge in [-0.1, -0.05) is 0 Å². The Balaban J connectivity index is 2.81. The highest BCUT2D eigenvalue weighted by Gasteiger charge is 2.11. The van der Waals surface area contributed by atoms with Gasteiger partial charge in [0.15, 0.2) is 0 Å². The van der Waals surface area contributed by atoms with Gasteiger partial charge in [-0.15, -0.1) is 0 Å². The maximum Gasteiger partial charge on any atom is 0.339 e. The predicted octanol–water partition coefficient (Wildman–Crippen LogP) is 0.713. The second-order valence-electron chi connectivity index (χ2n) is 2.86. The summed E-state index contributed by atoms with van der Waals surface area (Å²) in [6.45, 7) is 0.381. The van der Waals surface area contributed by atoms with Crippen LogP contribution in [-0.2, 0) is 0 Å². The van der Waals surface area contributed by atoms with Crippen molar-refractivity contribution in [3.05, 3.63) is 23.6 Å². The van der Waals surface area contributed by atoms with Crippen molar-refractivity contribution >= 4 is 11.8 Å². The molecule has 0 aliphatic heterocycles. The summed E-state index contributed by atoms with van der Waals surface area (Å²) in [4.78, 5) is 14.3. The normalized spacial score (nSPS) is 10.0. The molecule has 15 heavy (non-hydrogen) atoms. The average molecular weight is 214 g/mol. The SMILES string of the molecule is O=C(O)c1cc(F)cnc1NCCCO. The molecule has 0 spiro atoms. The Morgan fingerprint density at radius 3 is 2.93 bits per heavy atom. The van der Waals surface area contributed by atoms with Gasteiger partial charge in [0.1, 0.15) is 17.2 Å². The van der Waals surface area contributed by atoms with Gasteiger partial charge >= 0.3 is 5.97 Å². The molecule has 0 aliphatic rings. The first kappa shape index (κ1) is 11.4. The lowest BCUT2D eigenvalue weighted by Crippen LogP contribution is -2.10. The highest BCUT2D eigenvalue weighted by atomic mass is 19.1. The standard InChI is InChI=1S/C9H11FN2O3/c10-6-4-7(9(14)15)8(12-5-6)11-2-1-3-13/h4-5,13H,1-3H2,(H,11,12)(H,14,15). The predicted molar refractivity (Wildman–Crippen MR) is 51.3 cm³/mol. The topological polar surface area (TPSA) is 82.5 Å². The van der Waals surface area contributed by atoms with Crippen LogP contribution in [0.4, 0.5) is 10.2 Å². The van der Waals surface area contributed by atoms with E-state index in [9.17, 15) is 9.18 Å². The first-order valence-corrected chi connectivity index (χ1v) is 4.38. The molecule has 0 amide bonds. The van der Waals surface area contributed by atoms with E-state index in [1.165, 1.54) is 0 Å². The molecule has 1 heterocycles. The Hall–Kier alpha value is -1.69. The fraction of sp³-hybridized carbons (Fsp3) is 0.333. The van der Waals surface area contributed by atoms with E-state index in [4.69, 9.17) is 10.2 Å². The molecular weight excluding hydrogens is 203 g/mol. The van der Waals surface area contributed by atoms with Crippen molar-refractivity contribution in [2.45, 2.75) is 6.42 Å². The van der Waals surface area contributed by atoms with Gasteiger partial charge in [0, 0.05) is 13.2 Å². The number of nitrogens with one attached hydrogen (secondary N) is 1. The molecule has 0 radical (unpaired) electrons. The van der Waals surface area contributed by atoms with Gasteiger partial charge in [0.05, 0.1) is 6.20 Å². The molecule has 0 unspecified atom stereocenters. The molecule has 1 aromatic rings. The largest absolute Gasteiger partial charge is 0.478 e. The zero-order valence-corrected chi connectivity index (χ0v) is 7.90. The zero-order chi connectivity index (χ0) is 11.3. The van der Waals surface area contributed by atoms with Gasteiger partial charge in [-0.05, 0) is 12.5 Å². The van der Waals surface area contributed by atoms with Crippen molar-refractivity contribution in [3.63, 3.8) is 0 Å². The van der Waals surface area contributed by atoms with E-state index >= 15 is 0 Å². The van der Waals surface area contributed by atoms with Crippen LogP contribution in [0.3, 0.4) is 0 Å². The summed E-state index contributed by atoms with van der Waals surface area (Å²) >= 11 is 0. The fourth-order valence-electron chi connectivity index (χ4n) is 1.03. The van der Waals surface area contributed by atoms with Gasteiger partial charge in [-0.2, -0.15) is 0 Å². The van der Waals surface area contributed by atoms with Crippen molar-refractivity contribution in [1.82, 2.24) is 4.98 Å². The average Bonchev–Trinajstić information content (AvgIpc) is 2.20. The van der Waals surface area contributed by atoms with Gasteiger partial charge in [-0.3, -0.25) is 0 Å². The number of pyridine rings is 1. The van der Waals surface area contributed by atoms with Gasteiger partial charge in [-0.25, -0.2) is 14.2 Å². The summed E-state index contributed by atoms with van der Waals surface area (Å²) in [6.07, 6.45) is 1.41. The van der Waals surface area contributed by atoms with Crippen LogP contribution in [0.1, 0.15) is 16.8 Å². The number of rotatable bonds is 5. The van der Waals surface area contributed by atoms with Crippen molar-refractivity contribution in [2.75, 3.05) is 18.5 Å². The smallest absolute Gasteiger partial charge is 0.339 e. The summed E-state index contributed by atoms with van der Waals surface area (Å²) in [5.74, 6) is -1.83. The number of aromatic nitrogens is 1. The summed E-state index contributed by atoms with van der Waals surface area (Å²) in [6, 6.07) is 0.899. The third kappa shape index (κ3) is 3.17. The molecule has 6 heteroatoms. The molecule has 0 saturated heterocycles. The quantitative estimate of drug-likeness (QED) is 0.629. The Bertz CT molecular complexity index is 357. The molecule has 1 rings (SSSR count). The lowest BCUT2D eigenvalue weighted by molar-refractivity contribution is 0.0697. The molecule has 0 aromatic carbocycles. The molecule has 0 aliphatic carbocycles.